The topological polar surface area (TPSA) is 67.2 Å². The highest BCUT2D eigenvalue weighted by Crippen LogP contribution is 2.40. The summed E-state index contributed by atoms with van der Waals surface area (Å²) in [5.41, 5.74) is 0.122. The summed E-state index contributed by atoms with van der Waals surface area (Å²) in [7, 11) is 1.86. The fourth-order valence-corrected chi connectivity index (χ4v) is 4.51. The first-order chi connectivity index (χ1) is 9.42. The highest BCUT2D eigenvalue weighted by atomic mass is 35.7. The van der Waals surface area contributed by atoms with Gasteiger partial charge in [-0.1, -0.05) is 18.9 Å². The minimum atomic E-state index is -3.54. The lowest BCUT2D eigenvalue weighted by Crippen LogP contribution is -2.32. The summed E-state index contributed by atoms with van der Waals surface area (Å²) >= 11 is 0. The van der Waals surface area contributed by atoms with Gasteiger partial charge in [-0.15, -0.1) is 0 Å². The van der Waals surface area contributed by atoms with Crippen LogP contribution in [0.1, 0.15) is 31.2 Å². The average Bonchev–Trinajstić information content (AvgIpc) is 2.83. The molecule has 0 unspecified atom stereocenters. The molecule has 6 heteroatoms. The highest BCUT2D eigenvalue weighted by molar-refractivity contribution is 8.13. The number of rotatable bonds is 5. The van der Waals surface area contributed by atoms with Crippen LogP contribution < -0.4 is 4.74 Å². The molecule has 0 spiro atoms. The zero-order valence-electron chi connectivity index (χ0n) is 11.0. The van der Waals surface area contributed by atoms with Crippen molar-refractivity contribution in [2.75, 3.05) is 12.4 Å². The Bertz CT molecular complexity index is 616. The van der Waals surface area contributed by atoms with E-state index in [1.54, 1.807) is 24.3 Å². The van der Waals surface area contributed by atoms with Gasteiger partial charge in [0.15, 0.2) is 0 Å². The summed E-state index contributed by atoms with van der Waals surface area (Å²) in [6.07, 6.45) is 3.59. The smallest absolute Gasteiger partial charge is 0.233 e. The molecule has 1 aromatic carbocycles. The molecule has 1 saturated carbocycles. The van der Waals surface area contributed by atoms with Crippen LogP contribution in [0.3, 0.4) is 0 Å². The molecule has 20 heavy (non-hydrogen) atoms. The largest absolute Gasteiger partial charge is 0.493 e. The molecule has 0 aromatic heterocycles. The molecular formula is C14H16ClNO3S. The van der Waals surface area contributed by atoms with Crippen LogP contribution in [0, 0.1) is 16.7 Å². The summed E-state index contributed by atoms with van der Waals surface area (Å²) in [5, 5.41) is 8.84. The Balaban J connectivity index is 2.08. The summed E-state index contributed by atoms with van der Waals surface area (Å²) in [6, 6.07) is 8.90. The normalized spacial score (nSPS) is 17.6. The first-order valence-corrected chi connectivity index (χ1v) is 8.96. The first kappa shape index (κ1) is 15.1. The third kappa shape index (κ3) is 4.12. The van der Waals surface area contributed by atoms with Crippen molar-refractivity contribution in [3.8, 4) is 11.8 Å². The first-order valence-electron chi connectivity index (χ1n) is 6.48. The van der Waals surface area contributed by atoms with E-state index in [1.165, 1.54) is 0 Å². The van der Waals surface area contributed by atoms with E-state index in [1.807, 2.05) is 6.07 Å². The van der Waals surface area contributed by atoms with Crippen LogP contribution >= 0.6 is 10.7 Å². The van der Waals surface area contributed by atoms with Gasteiger partial charge in [0.2, 0.25) is 9.05 Å². The number of hydrogen-bond acceptors (Lipinski definition) is 4. The molecule has 0 heterocycles. The number of nitriles is 1. The minimum absolute atomic E-state index is 0.0561. The average molecular weight is 314 g/mol. The fraction of sp³-hybridized carbons (Fsp3) is 0.500. The molecule has 2 rings (SSSR count). The SMILES string of the molecule is N#Cc1cccc(OCC2(CS(=O)(=O)Cl)CCCC2)c1. The van der Waals surface area contributed by atoms with Crippen LogP contribution in [0.5, 0.6) is 5.75 Å². The monoisotopic (exact) mass is 313 g/mol. The predicted molar refractivity (Wildman–Crippen MR) is 77.2 cm³/mol. The molecule has 0 N–H and O–H groups in total. The van der Waals surface area contributed by atoms with Gasteiger partial charge in [0.05, 0.1) is 24.0 Å². The molecule has 1 fully saturated rings. The lowest BCUT2D eigenvalue weighted by Gasteiger charge is -2.27. The third-order valence-electron chi connectivity index (χ3n) is 3.65. The zero-order valence-corrected chi connectivity index (χ0v) is 12.6. The Morgan fingerprint density at radius 2 is 2.05 bits per heavy atom. The standard InChI is InChI=1S/C14H16ClNO3S/c15-20(17,18)11-14(6-1-2-7-14)10-19-13-5-3-4-12(8-13)9-16/h3-5,8H,1-2,6-7,10-11H2. The molecule has 0 bridgehead atoms. The number of nitrogens with zero attached hydrogens (tertiary/aromatic N) is 1. The number of ether oxygens (including phenoxy) is 1. The molecular weight excluding hydrogens is 298 g/mol. The second-order valence-corrected chi connectivity index (χ2v) is 8.10. The van der Waals surface area contributed by atoms with Crippen molar-refractivity contribution in [2.24, 2.45) is 5.41 Å². The van der Waals surface area contributed by atoms with Crippen LogP contribution in [-0.4, -0.2) is 20.8 Å². The van der Waals surface area contributed by atoms with E-state index in [9.17, 15) is 8.42 Å². The van der Waals surface area contributed by atoms with Crippen LogP contribution in [0.4, 0.5) is 0 Å². The van der Waals surface area contributed by atoms with Crippen LogP contribution in [-0.2, 0) is 9.05 Å². The molecule has 4 nitrogen and oxygen atoms in total. The van der Waals surface area contributed by atoms with E-state index in [-0.39, 0.29) is 5.75 Å². The predicted octanol–water partition coefficient (Wildman–Crippen LogP) is 3.07. The summed E-state index contributed by atoms with van der Waals surface area (Å²) in [5.74, 6) is 0.529. The molecule has 1 aliphatic carbocycles. The maximum absolute atomic E-state index is 11.4. The van der Waals surface area contributed by atoms with Gasteiger partial charge in [-0.05, 0) is 31.0 Å². The van der Waals surface area contributed by atoms with E-state index in [0.29, 0.717) is 17.9 Å². The Labute approximate surface area is 123 Å². The molecule has 0 amide bonds. The second kappa shape index (κ2) is 6.02. The van der Waals surface area contributed by atoms with E-state index < -0.39 is 14.5 Å². The summed E-state index contributed by atoms with van der Waals surface area (Å²) in [4.78, 5) is 0. The van der Waals surface area contributed by atoms with Gasteiger partial charge in [-0.2, -0.15) is 5.26 Å². The Hall–Kier alpha value is -1.25. The number of halogens is 1. The van der Waals surface area contributed by atoms with Gasteiger partial charge in [0.1, 0.15) is 5.75 Å². The highest BCUT2D eigenvalue weighted by Gasteiger charge is 2.38. The van der Waals surface area contributed by atoms with Gasteiger partial charge < -0.3 is 4.74 Å². The molecule has 0 radical (unpaired) electrons. The van der Waals surface area contributed by atoms with Crippen molar-refractivity contribution in [3.63, 3.8) is 0 Å². The second-order valence-electron chi connectivity index (χ2n) is 5.32. The molecule has 108 valence electrons. The van der Waals surface area contributed by atoms with Gasteiger partial charge in [-0.3, -0.25) is 0 Å². The van der Waals surface area contributed by atoms with E-state index >= 15 is 0 Å². The lowest BCUT2D eigenvalue weighted by atomic mass is 9.90. The zero-order chi connectivity index (χ0) is 14.6. The molecule has 0 atom stereocenters. The quantitative estimate of drug-likeness (QED) is 0.783. The Kier molecular flexibility index (Phi) is 4.56. The van der Waals surface area contributed by atoms with Crippen molar-refractivity contribution >= 4 is 19.7 Å². The van der Waals surface area contributed by atoms with Crippen molar-refractivity contribution in [2.45, 2.75) is 25.7 Å². The number of hydrogen-bond donors (Lipinski definition) is 0. The van der Waals surface area contributed by atoms with Gasteiger partial charge in [0.25, 0.3) is 0 Å². The van der Waals surface area contributed by atoms with E-state index in [2.05, 4.69) is 0 Å². The molecule has 0 aliphatic heterocycles. The maximum Gasteiger partial charge on any atom is 0.233 e. The molecule has 1 aliphatic rings. The Morgan fingerprint density at radius 3 is 2.65 bits per heavy atom. The van der Waals surface area contributed by atoms with Crippen molar-refractivity contribution in [1.82, 2.24) is 0 Å². The van der Waals surface area contributed by atoms with Crippen LogP contribution in [0.2, 0.25) is 0 Å². The summed E-state index contributed by atoms with van der Waals surface area (Å²) < 4.78 is 28.4. The fourth-order valence-electron chi connectivity index (χ4n) is 2.71. The number of benzene rings is 1. The third-order valence-corrected chi connectivity index (χ3v) is 4.94. The van der Waals surface area contributed by atoms with Crippen LogP contribution in [0.25, 0.3) is 0 Å². The van der Waals surface area contributed by atoms with Gasteiger partial charge in [-0.25, -0.2) is 8.42 Å². The lowest BCUT2D eigenvalue weighted by molar-refractivity contribution is 0.171. The van der Waals surface area contributed by atoms with Crippen molar-refractivity contribution < 1.29 is 13.2 Å². The summed E-state index contributed by atoms with van der Waals surface area (Å²) in [6.45, 7) is 0.313. The molecule has 1 aromatic rings. The van der Waals surface area contributed by atoms with E-state index in [0.717, 1.165) is 25.7 Å². The van der Waals surface area contributed by atoms with Crippen molar-refractivity contribution in [1.29, 1.82) is 5.26 Å². The van der Waals surface area contributed by atoms with Crippen molar-refractivity contribution in [3.05, 3.63) is 29.8 Å². The minimum Gasteiger partial charge on any atom is -0.493 e. The Morgan fingerprint density at radius 1 is 1.35 bits per heavy atom. The maximum atomic E-state index is 11.4. The molecule has 0 saturated heterocycles. The van der Waals surface area contributed by atoms with Gasteiger partial charge in [0, 0.05) is 16.1 Å². The van der Waals surface area contributed by atoms with Crippen LogP contribution in [0.15, 0.2) is 24.3 Å². The van der Waals surface area contributed by atoms with Gasteiger partial charge >= 0.3 is 0 Å². The van der Waals surface area contributed by atoms with E-state index in [4.69, 9.17) is 20.7 Å².